The summed E-state index contributed by atoms with van der Waals surface area (Å²) >= 11 is 0. The fourth-order valence-corrected chi connectivity index (χ4v) is 7.23. The fraction of sp³-hybridized carbons (Fsp3) is 0.0714. The topological polar surface area (TPSA) is 29.3 Å². The minimum atomic E-state index is -0.0932. The quantitative estimate of drug-likeness (QED) is 0.208. The van der Waals surface area contributed by atoms with Crippen LogP contribution in [-0.2, 0) is 5.41 Å². The molecule has 45 heavy (non-hydrogen) atoms. The lowest BCUT2D eigenvalue weighted by molar-refractivity contribution is 0.661. The van der Waals surface area contributed by atoms with Gasteiger partial charge in [-0.15, -0.1) is 0 Å². The number of pyridine rings is 1. The first-order valence-electron chi connectivity index (χ1n) is 15.5. The zero-order valence-corrected chi connectivity index (χ0v) is 25.2. The van der Waals surface area contributed by atoms with Crippen LogP contribution in [0.3, 0.4) is 0 Å². The number of rotatable bonds is 4. The zero-order valence-electron chi connectivity index (χ0n) is 25.2. The van der Waals surface area contributed by atoms with Crippen molar-refractivity contribution in [3.8, 4) is 22.4 Å². The summed E-state index contributed by atoms with van der Waals surface area (Å²) in [5.74, 6) is 0. The van der Waals surface area contributed by atoms with Gasteiger partial charge < -0.3 is 9.32 Å². The summed E-state index contributed by atoms with van der Waals surface area (Å²) in [5, 5.41) is 4.85. The van der Waals surface area contributed by atoms with Crippen LogP contribution in [0.25, 0.3) is 55.1 Å². The van der Waals surface area contributed by atoms with E-state index in [2.05, 4.69) is 140 Å². The molecule has 2 aromatic heterocycles. The van der Waals surface area contributed by atoms with Crippen LogP contribution in [0.2, 0.25) is 0 Å². The van der Waals surface area contributed by atoms with Gasteiger partial charge in [0, 0.05) is 39.2 Å². The molecule has 8 aromatic rings. The highest BCUT2D eigenvalue weighted by Crippen LogP contribution is 2.52. The van der Waals surface area contributed by atoms with Crippen LogP contribution < -0.4 is 4.90 Å². The minimum absolute atomic E-state index is 0.0932. The molecule has 1 aliphatic rings. The molecule has 2 heterocycles. The molecule has 214 valence electrons. The Bertz CT molecular complexity index is 2400. The zero-order chi connectivity index (χ0) is 30.1. The Kier molecular flexibility index (Phi) is 5.54. The highest BCUT2D eigenvalue weighted by Gasteiger charge is 2.36. The Labute approximate surface area is 262 Å². The number of para-hydroxylation sites is 2. The summed E-state index contributed by atoms with van der Waals surface area (Å²) in [5.41, 5.74) is 12.2. The van der Waals surface area contributed by atoms with Gasteiger partial charge >= 0.3 is 0 Å². The Morgan fingerprint density at radius 3 is 2.16 bits per heavy atom. The maximum atomic E-state index is 6.25. The van der Waals surface area contributed by atoms with Gasteiger partial charge in [-0.1, -0.05) is 98.8 Å². The number of hydrogen-bond acceptors (Lipinski definition) is 3. The van der Waals surface area contributed by atoms with Crippen molar-refractivity contribution in [3.05, 3.63) is 157 Å². The number of fused-ring (bicyclic) bond motifs is 8. The van der Waals surface area contributed by atoms with Crippen molar-refractivity contribution in [1.29, 1.82) is 0 Å². The second-order valence-electron chi connectivity index (χ2n) is 12.4. The molecule has 0 N–H and O–H groups in total. The molecule has 9 rings (SSSR count). The number of furan rings is 1. The highest BCUT2D eigenvalue weighted by molar-refractivity contribution is 6.06. The number of nitrogens with zero attached hydrogens (tertiary/aromatic N) is 2. The van der Waals surface area contributed by atoms with Crippen LogP contribution in [0, 0.1) is 0 Å². The van der Waals surface area contributed by atoms with Crippen molar-refractivity contribution in [3.63, 3.8) is 0 Å². The maximum Gasteiger partial charge on any atom is 0.137 e. The first-order chi connectivity index (χ1) is 22.1. The first kappa shape index (κ1) is 25.8. The first-order valence-corrected chi connectivity index (χ1v) is 15.5. The molecule has 3 heteroatoms. The van der Waals surface area contributed by atoms with E-state index in [1.54, 1.807) is 0 Å². The number of anilines is 3. The van der Waals surface area contributed by atoms with E-state index >= 15 is 0 Å². The molecule has 0 amide bonds. The molecule has 6 aromatic carbocycles. The molecule has 3 nitrogen and oxygen atoms in total. The lowest BCUT2D eigenvalue weighted by Gasteiger charge is -2.25. The van der Waals surface area contributed by atoms with E-state index in [9.17, 15) is 0 Å². The van der Waals surface area contributed by atoms with Gasteiger partial charge in [-0.05, 0) is 81.6 Å². The summed E-state index contributed by atoms with van der Waals surface area (Å²) in [6, 6.07) is 49.5. The standard InChI is InChI=1S/C42H30N2O/c1-42(2)36-22-17-27-10-6-7-13-32(27)41(36)35-20-16-28(24-37(35)42)38-23-19-31(26-43-38)44(29-11-4-3-5-12-29)30-18-21-34-33-14-8-9-15-39(33)45-40(34)25-30/h3-26H,1-2H3. The second-order valence-corrected chi connectivity index (χ2v) is 12.4. The number of aromatic nitrogens is 1. The van der Waals surface area contributed by atoms with Crippen molar-refractivity contribution in [2.45, 2.75) is 19.3 Å². The highest BCUT2D eigenvalue weighted by atomic mass is 16.3. The van der Waals surface area contributed by atoms with Crippen LogP contribution in [-0.4, -0.2) is 4.98 Å². The van der Waals surface area contributed by atoms with Crippen molar-refractivity contribution in [2.75, 3.05) is 4.90 Å². The minimum Gasteiger partial charge on any atom is -0.456 e. The van der Waals surface area contributed by atoms with Gasteiger partial charge in [0.1, 0.15) is 11.2 Å². The van der Waals surface area contributed by atoms with Crippen molar-refractivity contribution in [1.82, 2.24) is 4.98 Å². The third-order valence-electron chi connectivity index (χ3n) is 9.50. The van der Waals surface area contributed by atoms with Gasteiger partial charge in [0.05, 0.1) is 17.6 Å². The van der Waals surface area contributed by atoms with E-state index in [1.165, 1.54) is 33.0 Å². The predicted octanol–water partition coefficient (Wildman–Crippen LogP) is 11.6. The average molecular weight is 579 g/mol. The Morgan fingerprint density at radius 1 is 0.556 bits per heavy atom. The molecule has 0 radical (unpaired) electrons. The van der Waals surface area contributed by atoms with Gasteiger partial charge in [-0.3, -0.25) is 4.98 Å². The number of benzene rings is 6. The van der Waals surface area contributed by atoms with Crippen LogP contribution in [0.1, 0.15) is 25.0 Å². The molecule has 0 atom stereocenters. The van der Waals surface area contributed by atoms with Gasteiger partial charge in [-0.2, -0.15) is 0 Å². The van der Waals surface area contributed by atoms with Gasteiger partial charge in [0.25, 0.3) is 0 Å². The van der Waals surface area contributed by atoms with E-state index in [0.717, 1.165) is 50.3 Å². The third-order valence-corrected chi connectivity index (χ3v) is 9.50. The molecule has 1 aliphatic carbocycles. The van der Waals surface area contributed by atoms with Crippen molar-refractivity contribution < 1.29 is 4.42 Å². The smallest absolute Gasteiger partial charge is 0.137 e. The lowest BCUT2D eigenvalue weighted by atomic mass is 9.81. The normalized spacial score (nSPS) is 13.3. The summed E-state index contributed by atoms with van der Waals surface area (Å²) in [6.07, 6.45) is 1.98. The number of hydrogen-bond donors (Lipinski definition) is 0. The molecule has 0 aliphatic heterocycles. The Morgan fingerprint density at radius 2 is 1.31 bits per heavy atom. The van der Waals surface area contributed by atoms with Gasteiger partial charge in [0.15, 0.2) is 0 Å². The van der Waals surface area contributed by atoms with Crippen LogP contribution in [0.15, 0.2) is 150 Å². The van der Waals surface area contributed by atoms with Gasteiger partial charge in [0.2, 0.25) is 0 Å². The molecule has 0 saturated heterocycles. The summed E-state index contributed by atoms with van der Waals surface area (Å²) in [7, 11) is 0. The molecule has 0 spiro atoms. The van der Waals surface area contributed by atoms with E-state index in [-0.39, 0.29) is 5.41 Å². The maximum absolute atomic E-state index is 6.25. The molecule has 0 bridgehead atoms. The van der Waals surface area contributed by atoms with E-state index in [4.69, 9.17) is 9.40 Å². The molecule has 0 fully saturated rings. The largest absolute Gasteiger partial charge is 0.456 e. The summed E-state index contributed by atoms with van der Waals surface area (Å²) in [6.45, 7) is 4.67. The average Bonchev–Trinajstić information content (AvgIpc) is 3.57. The molecular weight excluding hydrogens is 548 g/mol. The van der Waals surface area contributed by atoms with Crippen LogP contribution in [0.5, 0.6) is 0 Å². The van der Waals surface area contributed by atoms with E-state index in [1.807, 2.05) is 24.4 Å². The third kappa shape index (κ3) is 3.94. The van der Waals surface area contributed by atoms with Crippen molar-refractivity contribution >= 4 is 49.8 Å². The predicted molar refractivity (Wildman–Crippen MR) is 187 cm³/mol. The SMILES string of the molecule is CC1(C)c2cc(-c3ccc(N(c4ccccc4)c4ccc5c(c4)oc4ccccc45)cn3)ccc2-c2c1ccc1ccccc21. The lowest BCUT2D eigenvalue weighted by Crippen LogP contribution is -2.15. The molecule has 0 unspecified atom stereocenters. The monoisotopic (exact) mass is 578 g/mol. The van der Waals surface area contributed by atoms with Gasteiger partial charge in [-0.25, -0.2) is 0 Å². The summed E-state index contributed by atoms with van der Waals surface area (Å²) < 4.78 is 6.25. The van der Waals surface area contributed by atoms with Crippen LogP contribution in [0.4, 0.5) is 17.1 Å². The Hall–Kier alpha value is -5.67. The molecule has 0 saturated carbocycles. The van der Waals surface area contributed by atoms with E-state index < -0.39 is 0 Å². The van der Waals surface area contributed by atoms with E-state index in [0.29, 0.717) is 0 Å². The summed E-state index contributed by atoms with van der Waals surface area (Å²) in [4.78, 5) is 7.26. The second kappa shape index (κ2) is 9.67. The molecular formula is C42H30N2O. The van der Waals surface area contributed by atoms with Crippen LogP contribution >= 0.6 is 0 Å². The van der Waals surface area contributed by atoms with Crippen molar-refractivity contribution in [2.24, 2.45) is 0 Å². The Balaban J connectivity index is 1.12. The fourth-order valence-electron chi connectivity index (χ4n) is 7.23.